The lowest BCUT2D eigenvalue weighted by atomic mass is 10.0. The molecule has 1 N–H and O–H groups in total. The van der Waals surface area contributed by atoms with Crippen molar-refractivity contribution >= 4 is 16.9 Å². The Morgan fingerprint density at radius 3 is 2.75 bits per heavy atom. The van der Waals surface area contributed by atoms with E-state index in [9.17, 15) is 0 Å². The molecule has 2 aliphatic carbocycles. The summed E-state index contributed by atoms with van der Waals surface area (Å²) < 4.78 is 0. The smallest absolute Gasteiger partial charge is 0.156 e. The van der Waals surface area contributed by atoms with Gasteiger partial charge in [-0.3, -0.25) is 4.99 Å². The first-order valence-corrected chi connectivity index (χ1v) is 7.75. The molecule has 0 saturated heterocycles. The third-order valence-electron chi connectivity index (χ3n) is 4.13. The summed E-state index contributed by atoms with van der Waals surface area (Å²) in [6, 6.07) is 0. The van der Waals surface area contributed by atoms with Crippen LogP contribution in [0.4, 0.5) is 0 Å². The van der Waals surface area contributed by atoms with Gasteiger partial charge in [-0.05, 0) is 31.1 Å². The van der Waals surface area contributed by atoms with Crippen LogP contribution in [-0.4, -0.2) is 23.5 Å². The van der Waals surface area contributed by atoms with Gasteiger partial charge in [-0.15, -0.1) is 0 Å². The monoisotopic (exact) mass is 238 g/mol. The molecule has 0 radical (unpaired) electrons. The molecule has 2 fully saturated rings. The number of hydrogen-bond acceptors (Lipinski definition) is 3. The number of thioether (sulfide) groups is 1. The number of hydrogen-bond donors (Lipinski definition) is 1. The summed E-state index contributed by atoms with van der Waals surface area (Å²) in [5, 5.41) is 5.58. The standard InChI is InChI=1S/C13H22N2S/c1-2-4-10(3-1)7-8-14-13-15-9-12(16-13)11-5-6-11/h10-12H,1-9H2,(H,14,15). The van der Waals surface area contributed by atoms with Crippen LogP contribution in [0.5, 0.6) is 0 Å². The van der Waals surface area contributed by atoms with Gasteiger partial charge in [0.15, 0.2) is 5.17 Å². The molecule has 2 nitrogen and oxygen atoms in total. The SMILES string of the molecule is C1CCC(CCNC2=NCC(C3CC3)S2)C1. The van der Waals surface area contributed by atoms with Crippen molar-refractivity contribution in [2.24, 2.45) is 16.8 Å². The lowest BCUT2D eigenvalue weighted by Crippen LogP contribution is -2.22. The van der Waals surface area contributed by atoms with Crippen LogP contribution in [-0.2, 0) is 0 Å². The molecular weight excluding hydrogens is 216 g/mol. The van der Waals surface area contributed by atoms with Gasteiger partial charge in [-0.1, -0.05) is 37.4 Å². The summed E-state index contributed by atoms with van der Waals surface area (Å²) in [4.78, 5) is 4.61. The fraction of sp³-hybridized carbons (Fsp3) is 0.923. The average Bonchev–Trinajstić information content (AvgIpc) is 2.83. The molecule has 0 spiro atoms. The Labute approximate surface area is 103 Å². The van der Waals surface area contributed by atoms with Crippen molar-refractivity contribution in [1.82, 2.24) is 5.32 Å². The van der Waals surface area contributed by atoms with Crippen LogP contribution in [0, 0.1) is 11.8 Å². The number of aliphatic imine (C=N–C) groups is 1. The van der Waals surface area contributed by atoms with E-state index < -0.39 is 0 Å². The summed E-state index contributed by atoms with van der Waals surface area (Å²) in [5.74, 6) is 1.99. The third-order valence-corrected chi connectivity index (χ3v) is 5.46. The highest BCUT2D eigenvalue weighted by atomic mass is 32.2. The van der Waals surface area contributed by atoms with E-state index in [-0.39, 0.29) is 0 Å². The van der Waals surface area contributed by atoms with Crippen molar-refractivity contribution in [3.05, 3.63) is 0 Å². The maximum absolute atomic E-state index is 4.61. The molecule has 1 heterocycles. The highest BCUT2D eigenvalue weighted by molar-refractivity contribution is 8.14. The van der Waals surface area contributed by atoms with E-state index in [1.165, 1.54) is 50.1 Å². The van der Waals surface area contributed by atoms with Crippen molar-refractivity contribution in [2.75, 3.05) is 13.1 Å². The predicted octanol–water partition coefficient (Wildman–Crippen LogP) is 3.04. The molecule has 3 heteroatoms. The summed E-state index contributed by atoms with van der Waals surface area (Å²) in [5.41, 5.74) is 0. The third kappa shape index (κ3) is 2.73. The van der Waals surface area contributed by atoms with E-state index in [1.54, 1.807) is 0 Å². The first kappa shape index (κ1) is 10.9. The van der Waals surface area contributed by atoms with Crippen LogP contribution in [0.2, 0.25) is 0 Å². The molecule has 0 aromatic carbocycles. The van der Waals surface area contributed by atoms with Crippen LogP contribution in [0.25, 0.3) is 0 Å². The molecule has 0 bridgehead atoms. The average molecular weight is 238 g/mol. The molecular formula is C13H22N2S. The molecule has 16 heavy (non-hydrogen) atoms. The van der Waals surface area contributed by atoms with Crippen LogP contribution < -0.4 is 5.32 Å². The van der Waals surface area contributed by atoms with Gasteiger partial charge >= 0.3 is 0 Å². The van der Waals surface area contributed by atoms with Gasteiger partial charge < -0.3 is 5.32 Å². The maximum Gasteiger partial charge on any atom is 0.156 e. The molecule has 90 valence electrons. The second-order valence-corrected chi connectivity index (χ2v) is 6.73. The number of nitrogens with zero attached hydrogens (tertiary/aromatic N) is 1. The van der Waals surface area contributed by atoms with E-state index in [0.717, 1.165) is 30.2 Å². The topological polar surface area (TPSA) is 24.4 Å². The minimum Gasteiger partial charge on any atom is -0.365 e. The Morgan fingerprint density at radius 2 is 2.00 bits per heavy atom. The van der Waals surface area contributed by atoms with E-state index in [2.05, 4.69) is 10.3 Å². The zero-order valence-electron chi connectivity index (χ0n) is 9.95. The Kier molecular flexibility index (Phi) is 3.41. The zero-order valence-corrected chi connectivity index (χ0v) is 10.8. The fourth-order valence-corrected chi connectivity index (χ4v) is 4.12. The Hall–Kier alpha value is -0.180. The second kappa shape index (κ2) is 4.99. The van der Waals surface area contributed by atoms with Crippen molar-refractivity contribution < 1.29 is 0 Å². The molecule has 1 aliphatic heterocycles. The van der Waals surface area contributed by atoms with Gasteiger partial charge in [0.1, 0.15) is 0 Å². The molecule has 3 rings (SSSR count). The van der Waals surface area contributed by atoms with Crippen LogP contribution in [0.3, 0.4) is 0 Å². The molecule has 1 atom stereocenters. The van der Waals surface area contributed by atoms with Crippen LogP contribution in [0.1, 0.15) is 44.9 Å². The van der Waals surface area contributed by atoms with Crippen molar-refractivity contribution in [3.63, 3.8) is 0 Å². The largest absolute Gasteiger partial charge is 0.365 e. The maximum atomic E-state index is 4.61. The lowest BCUT2D eigenvalue weighted by Gasteiger charge is -2.11. The Morgan fingerprint density at radius 1 is 1.19 bits per heavy atom. The molecule has 3 aliphatic rings. The second-order valence-electron chi connectivity index (χ2n) is 5.51. The highest BCUT2D eigenvalue weighted by Crippen LogP contribution is 2.41. The first-order chi connectivity index (χ1) is 7.92. The van der Waals surface area contributed by atoms with Gasteiger partial charge in [0, 0.05) is 11.8 Å². The van der Waals surface area contributed by atoms with Crippen molar-refractivity contribution in [2.45, 2.75) is 50.2 Å². The Bertz CT molecular complexity index is 267. The van der Waals surface area contributed by atoms with Crippen molar-refractivity contribution in [3.8, 4) is 0 Å². The quantitative estimate of drug-likeness (QED) is 0.814. The summed E-state index contributed by atoms with van der Waals surface area (Å²) >= 11 is 2.00. The molecule has 0 aromatic rings. The van der Waals surface area contributed by atoms with Gasteiger partial charge in [-0.25, -0.2) is 0 Å². The molecule has 0 aromatic heterocycles. The summed E-state index contributed by atoms with van der Waals surface area (Å²) in [6.07, 6.45) is 10.1. The van der Waals surface area contributed by atoms with Crippen LogP contribution >= 0.6 is 11.8 Å². The fourth-order valence-electron chi connectivity index (χ4n) is 2.88. The Balaban J connectivity index is 1.33. The van der Waals surface area contributed by atoms with Crippen molar-refractivity contribution in [1.29, 1.82) is 0 Å². The summed E-state index contributed by atoms with van der Waals surface area (Å²) in [7, 11) is 0. The van der Waals surface area contributed by atoms with Gasteiger partial charge in [-0.2, -0.15) is 0 Å². The van der Waals surface area contributed by atoms with Gasteiger partial charge in [0.25, 0.3) is 0 Å². The number of rotatable bonds is 4. The van der Waals surface area contributed by atoms with Gasteiger partial charge in [0.2, 0.25) is 0 Å². The molecule has 1 unspecified atom stereocenters. The minimum absolute atomic E-state index is 0.814. The van der Waals surface area contributed by atoms with E-state index in [4.69, 9.17) is 0 Å². The normalized spacial score (nSPS) is 30.8. The number of nitrogens with one attached hydrogen (secondary N) is 1. The summed E-state index contributed by atoms with van der Waals surface area (Å²) in [6.45, 7) is 2.22. The molecule has 0 amide bonds. The lowest BCUT2D eigenvalue weighted by molar-refractivity contribution is 0.501. The zero-order chi connectivity index (χ0) is 10.8. The molecule has 2 saturated carbocycles. The van der Waals surface area contributed by atoms with E-state index in [0.29, 0.717) is 0 Å². The van der Waals surface area contributed by atoms with Gasteiger partial charge in [0.05, 0.1) is 6.54 Å². The minimum atomic E-state index is 0.814. The number of amidine groups is 1. The van der Waals surface area contributed by atoms with E-state index >= 15 is 0 Å². The van der Waals surface area contributed by atoms with Crippen LogP contribution in [0.15, 0.2) is 4.99 Å². The predicted molar refractivity (Wildman–Crippen MR) is 71.0 cm³/mol. The highest BCUT2D eigenvalue weighted by Gasteiger charge is 2.35. The first-order valence-electron chi connectivity index (χ1n) is 6.87. The van der Waals surface area contributed by atoms with E-state index in [1.807, 2.05) is 11.8 Å².